The first-order valence-electron chi connectivity index (χ1n) is 7.54. The van der Waals surface area contributed by atoms with Crippen LogP contribution >= 0.6 is 11.8 Å². The van der Waals surface area contributed by atoms with Crippen LogP contribution in [0.3, 0.4) is 0 Å². The van der Waals surface area contributed by atoms with Crippen LogP contribution in [0, 0.1) is 20.8 Å². The zero-order valence-corrected chi connectivity index (χ0v) is 14.5. The van der Waals surface area contributed by atoms with Crippen molar-refractivity contribution in [2.45, 2.75) is 32.6 Å². The van der Waals surface area contributed by atoms with Gasteiger partial charge in [-0.3, -0.25) is 4.79 Å². The maximum atomic E-state index is 12.3. The van der Waals surface area contributed by atoms with E-state index in [0.717, 1.165) is 16.9 Å². The van der Waals surface area contributed by atoms with Gasteiger partial charge in [0.25, 0.3) is 0 Å². The van der Waals surface area contributed by atoms with Gasteiger partial charge >= 0.3 is 0 Å². The number of ketones is 1. The van der Waals surface area contributed by atoms with Crippen LogP contribution in [0.25, 0.3) is 6.08 Å². The number of carbonyl (C=O) groups excluding carboxylic acids is 1. The number of thioether (sulfide) groups is 1. The molecule has 0 saturated carbocycles. The van der Waals surface area contributed by atoms with Gasteiger partial charge in [0.2, 0.25) is 0 Å². The van der Waals surface area contributed by atoms with E-state index in [4.69, 9.17) is 0 Å². The van der Waals surface area contributed by atoms with Gasteiger partial charge in [-0.15, -0.1) is 11.8 Å². The highest BCUT2D eigenvalue weighted by Gasteiger charge is 2.04. The second-order valence-corrected chi connectivity index (χ2v) is 6.80. The minimum absolute atomic E-state index is 0.0485. The lowest BCUT2D eigenvalue weighted by atomic mass is 9.99. The van der Waals surface area contributed by atoms with Gasteiger partial charge in [-0.1, -0.05) is 30.7 Å². The predicted molar refractivity (Wildman–Crippen MR) is 96.9 cm³/mol. The van der Waals surface area contributed by atoms with E-state index in [9.17, 15) is 4.79 Å². The Morgan fingerprint density at radius 1 is 1.05 bits per heavy atom. The summed E-state index contributed by atoms with van der Waals surface area (Å²) in [4.78, 5) is 13.5. The van der Waals surface area contributed by atoms with Gasteiger partial charge in [0.15, 0.2) is 5.78 Å². The van der Waals surface area contributed by atoms with Crippen molar-refractivity contribution in [1.82, 2.24) is 0 Å². The number of allylic oxidation sites excluding steroid dienone is 1. The summed E-state index contributed by atoms with van der Waals surface area (Å²) in [5.74, 6) is 1.09. The Morgan fingerprint density at radius 2 is 1.64 bits per heavy atom. The Labute approximate surface area is 137 Å². The van der Waals surface area contributed by atoms with Crippen LogP contribution in [0.15, 0.2) is 47.4 Å². The molecule has 2 aromatic carbocycles. The van der Waals surface area contributed by atoms with Gasteiger partial charge in [-0.25, -0.2) is 0 Å². The Morgan fingerprint density at radius 3 is 2.18 bits per heavy atom. The van der Waals surface area contributed by atoms with Gasteiger partial charge in [-0.05, 0) is 73.6 Å². The molecule has 2 aromatic rings. The van der Waals surface area contributed by atoms with Crippen molar-refractivity contribution in [2.75, 3.05) is 5.75 Å². The highest BCUT2D eigenvalue weighted by molar-refractivity contribution is 7.99. The summed E-state index contributed by atoms with van der Waals surface area (Å²) in [5, 5.41) is 0. The number of hydrogen-bond acceptors (Lipinski definition) is 2. The average molecular weight is 310 g/mol. The highest BCUT2D eigenvalue weighted by Crippen LogP contribution is 2.20. The minimum Gasteiger partial charge on any atom is -0.289 e. The lowest BCUT2D eigenvalue weighted by Gasteiger charge is -2.07. The predicted octanol–water partition coefficient (Wildman–Crippen LogP) is 5.62. The highest BCUT2D eigenvalue weighted by atomic mass is 32.2. The molecule has 0 spiro atoms. The second kappa shape index (κ2) is 7.46. The van der Waals surface area contributed by atoms with Crippen molar-refractivity contribution in [3.8, 4) is 0 Å². The normalized spacial score (nSPS) is 11.1. The van der Waals surface area contributed by atoms with Crippen molar-refractivity contribution in [3.63, 3.8) is 0 Å². The Kier molecular flexibility index (Phi) is 5.62. The van der Waals surface area contributed by atoms with E-state index in [1.165, 1.54) is 21.6 Å². The van der Waals surface area contributed by atoms with Gasteiger partial charge in [0, 0.05) is 10.5 Å². The fraction of sp³-hybridized carbons (Fsp3) is 0.250. The molecule has 0 atom stereocenters. The Bertz CT molecular complexity index is 673. The monoisotopic (exact) mass is 310 g/mol. The molecule has 22 heavy (non-hydrogen) atoms. The standard InChI is InChI=1S/C20H22OS/c1-5-22-18-8-6-17(7-9-18)20(21)11-10-19-15(3)12-14(2)13-16(19)4/h6-13H,5H2,1-4H3/b11-10+. The molecule has 2 rings (SSSR count). The van der Waals surface area contributed by atoms with Crippen molar-refractivity contribution < 1.29 is 4.79 Å². The fourth-order valence-electron chi connectivity index (χ4n) is 2.59. The van der Waals surface area contributed by atoms with Crippen LogP contribution in [-0.4, -0.2) is 11.5 Å². The fourth-order valence-corrected chi connectivity index (χ4v) is 3.25. The summed E-state index contributed by atoms with van der Waals surface area (Å²) in [6, 6.07) is 12.1. The zero-order valence-electron chi connectivity index (χ0n) is 13.6. The molecular weight excluding hydrogens is 288 g/mol. The lowest BCUT2D eigenvalue weighted by molar-refractivity contribution is 0.104. The van der Waals surface area contributed by atoms with Crippen molar-refractivity contribution in [1.29, 1.82) is 0 Å². The number of carbonyl (C=O) groups is 1. The summed E-state index contributed by atoms with van der Waals surface area (Å²) >= 11 is 1.78. The van der Waals surface area contributed by atoms with Crippen LogP contribution in [0.5, 0.6) is 0 Å². The quantitative estimate of drug-likeness (QED) is 0.405. The van der Waals surface area contributed by atoms with Crippen molar-refractivity contribution in [2.24, 2.45) is 0 Å². The second-order valence-electron chi connectivity index (χ2n) is 5.47. The topological polar surface area (TPSA) is 17.1 Å². The van der Waals surface area contributed by atoms with Gasteiger partial charge in [0.05, 0.1) is 0 Å². The maximum absolute atomic E-state index is 12.3. The molecule has 0 saturated heterocycles. The third-order valence-electron chi connectivity index (χ3n) is 3.59. The van der Waals surface area contributed by atoms with Crippen molar-refractivity contribution >= 4 is 23.6 Å². The third kappa shape index (κ3) is 4.11. The zero-order chi connectivity index (χ0) is 16.1. The van der Waals surface area contributed by atoms with Crippen LogP contribution < -0.4 is 0 Å². The molecule has 0 unspecified atom stereocenters. The van der Waals surface area contributed by atoms with Gasteiger partial charge in [0.1, 0.15) is 0 Å². The van der Waals surface area contributed by atoms with E-state index in [1.807, 2.05) is 30.3 Å². The molecule has 1 nitrogen and oxygen atoms in total. The molecule has 0 N–H and O–H groups in total. The molecule has 114 valence electrons. The number of benzene rings is 2. The molecule has 0 aliphatic carbocycles. The van der Waals surface area contributed by atoms with E-state index >= 15 is 0 Å². The van der Waals surface area contributed by atoms with E-state index in [-0.39, 0.29) is 5.78 Å². The molecule has 0 aliphatic heterocycles. The SMILES string of the molecule is CCSc1ccc(C(=O)/C=C/c2c(C)cc(C)cc2C)cc1. The smallest absolute Gasteiger partial charge is 0.185 e. The molecule has 0 heterocycles. The summed E-state index contributed by atoms with van der Waals surface area (Å²) in [7, 11) is 0. The Balaban J connectivity index is 2.18. The largest absolute Gasteiger partial charge is 0.289 e. The van der Waals surface area contributed by atoms with Crippen molar-refractivity contribution in [3.05, 3.63) is 70.3 Å². The van der Waals surface area contributed by atoms with Crippen LogP contribution in [0.2, 0.25) is 0 Å². The molecule has 0 aromatic heterocycles. The third-order valence-corrected chi connectivity index (χ3v) is 4.48. The van der Waals surface area contributed by atoms with Crippen LogP contribution in [-0.2, 0) is 0 Å². The molecular formula is C20H22OS. The average Bonchev–Trinajstić information content (AvgIpc) is 2.47. The van der Waals surface area contributed by atoms with E-state index < -0.39 is 0 Å². The van der Waals surface area contributed by atoms with E-state index in [2.05, 4.69) is 39.8 Å². The first kappa shape index (κ1) is 16.6. The van der Waals surface area contributed by atoms with Gasteiger partial charge < -0.3 is 0 Å². The van der Waals surface area contributed by atoms with E-state index in [1.54, 1.807) is 17.8 Å². The van der Waals surface area contributed by atoms with Crippen LogP contribution in [0.1, 0.15) is 39.5 Å². The molecule has 0 fully saturated rings. The van der Waals surface area contributed by atoms with Crippen LogP contribution in [0.4, 0.5) is 0 Å². The first-order chi connectivity index (χ1) is 10.5. The summed E-state index contributed by atoms with van der Waals surface area (Å²) in [5.41, 5.74) is 5.53. The molecule has 0 aliphatic rings. The van der Waals surface area contributed by atoms with Gasteiger partial charge in [-0.2, -0.15) is 0 Å². The lowest BCUT2D eigenvalue weighted by Crippen LogP contribution is -1.95. The molecule has 0 amide bonds. The Hall–Kier alpha value is -1.80. The molecule has 2 heteroatoms. The van der Waals surface area contributed by atoms with E-state index in [0.29, 0.717) is 0 Å². The summed E-state index contributed by atoms with van der Waals surface area (Å²) in [6.07, 6.45) is 3.60. The number of hydrogen-bond donors (Lipinski definition) is 0. The number of aryl methyl sites for hydroxylation is 3. The minimum atomic E-state index is 0.0485. The summed E-state index contributed by atoms with van der Waals surface area (Å²) in [6.45, 7) is 8.38. The first-order valence-corrected chi connectivity index (χ1v) is 8.53. The molecule has 0 bridgehead atoms. The maximum Gasteiger partial charge on any atom is 0.185 e. The number of rotatable bonds is 5. The molecule has 0 radical (unpaired) electrons. The summed E-state index contributed by atoms with van der Waals surface area (Å²) < 4.78 is 0.